The van der Waals surface area contributed by atoms with E-state index in [0.717, 1.165) is 22.9 Å². The number of sulfone groups is 1. The third-order valence-corrected chi connectivity index (χ3v) is 6.02. The Kier molecular flexibility index (Phi) is 4.28. The van der Waals surface area contributed by atoms with Crippen molar-refractivity contribution < 1.29 is 13.2 Å². The Hall–Kier alpha value is -1.33. The number of fused-ring (bicyclic) bond motifs is 1. The van der Waals surface area contributed by atoms with Gasteiger partial charge in [0.05, 0.1) is 18.1 Å². The number of pyridine rings is 1. The van der Waals surface area contributed by atoms with E-state index in [-0.39, 0.29) is 11.7 Å². The van der Waals surface area contributed by atoms with Crippen LogP contribution in [-0.2, 0) is 9.84 Å². The summed E-state index contributed by atoms with van der Waals surface area (Å²) in [5.41, 5.74) is 0.848. The van der Waals surface area contributed by atoms with Crippen molar-refractivity contribution >= 4 is 32.2 Å². The largest absolute Gasteiger partial charge is 0.477 e. The van der Waals surface area contributed by atoms with Crippen molar-refractivity contribution in [1.82, 2.24) is 4.98 Å². The molecule has 3 rings (SSSR count). The molecule has 4 nitrogen and oxygen atoms in total. The van der Waals surface area contributed by atoms with Gasteiger partial charge in [-0.3, -0.25) is 0 Å². The lowest BCUT2D eigenvalue weighted by Crippen LogP contribution is -2.29. The zero-order valence-corrected chi connectivity index (χ0v) is 14.0. The fraction of sp³-hybridized carbons (Fsp3) is 0.438. The Morgan fingerprint density at radius 3 is 2.95 bits per heavy atom. The lowest BCUT2D eigenvalue weighted by molar-refractivity contribution is 0.243. The number of hydrogen-bond acceptors (Lipinski definition) is 4. The maximum Gasteiger partial charge on any atom is 0.221 e. The fourth-order valence-electron chi connectivity index (χ4n) is 2.88. The summed E-state index contributed by atoms with van der Waals surface area (Å²) in [7, 11) is -2.91. The minimum Gasteiger partial charge on any atom is -0.477 e. The van der Waals surface area contributed by atoms with Gasteiger partial charge in [0.25, 0.3) is 0 Å². The normalized spacial score (nSPS) is 20.9. The molecule has 1 aromatic carbocycles. The van der Waals surface area contributed by atoms with E-state index >= 15 is 0 Å². The van der Waals surface area contributed by atoms with Crippen LogP contribution in [0.5, 0.6) is 5.88 Å². The van der Waals surface area contributed by atoms with Gasteiger partial charge < -0.3 is 4.74 Å². The van der Waals surface area contributed by atoms with Crippen LogP contribution in [-0.4, -0.2) is 31.5 Å². The number of ether oxygens (including phenoxy) is 1. The van der Waals surface area contributed by atoms with Crippen molar-refractivity contribution in [2.75, 3.05) is 18.1 Å². The van der Waals surface area contributed by atoms with Gasteiger partial charge in [0, 0.05) is 22.0 Å². The van der Waals surface area contributed by atoms with Crippen LogP contribution in [0.4, 0.5) is 0 Å². The number of benzene rings is 1. The summed E-state index contributed by atoms with van der Waals surface area (Å²) in [6.07, 6.45) is 1.60. The number of hydrogen-bond donors (Lipinski definition) is 0. The number of rotatable bonds is 3. The van der Waals surface area contributed by atoms with E-state index < -0.39 is 9.84 Å². The summed E-state index contributed by atoms with van der Waals surface area (Å²) >= 11 is 6.03. The summed E-state index contributed by atoms with van der Waals surface area (Å²) in [5, 5.41) is 2.54. The maximum atomic E-state index is 11.7. The molecule has 1 aliphatic rings. The monoisotopic (exact) mass is 339 g/mol. The predicted molar refractivity (Wildman–Crippen MR) is 88.4 cm³/mol. The van der Waals surface area contributed by atoms with Crippen molar-refractivity contribution in [3.05, 3.63) is 35.0 Å². The summed E-state index contributed by atoms with van der Waals surface area (Å²) in [6.45, 7) is 2.28. The van der Waals surface area contributed by atoms with Gasteiger partial charge in [-0.1, -0.05) is 11.6 Å². The molecule has 1 aromatic heterocycles. The van der Waals surface area contributed by atoms with Crippen molar-refractivity contribution in [2.45, 2.75) is 19.8 Å². The van der Waals surface area contributed by atoms with Gasteiger partial charge in [-0.15, -0.1) is 0 Å². The summed E-state index contributed by atoms with van der Waals surface area (Å²) in [6, 6.07) is 7.53. The van der Waals surface area contributed by atoms with Crippen LogP contribution in [0.1, 0.15) is 18.5 Å². The van der Waals surface area contributed by atoms with Crippen LogP contribution in [0.15, 0.2) is 24.3 Å². The number of aryl methyl sites for hydroxylation is 1. The molecule has 2 aromatic rings. The molecule has 1 unspecified atom stereocenters. The zero-order chi connectivity index (χ0) is 15.7. The van der Waals surface area contributed by atoms with Gasteiger partial charge in [0.2, 0.25) is 5.88 Å². The highest BCUT2D eigenvalue weighted by atomic mass is 35.5. The van der Waals surface area contributed by atoms with Crippen molar-refractivity contribution in [2.24, 2.45) is 5.92 Å². The van der Waals surface area contributed by atoms with Crippen molar-refractivity contribution in [1.29, 1.82) is 0 Å². The predicted octanol–water partition coefficient (Wildman–Crippen LogP) is 3.40. The van der Waals surface area contributed by atoms with E-state index in [2.05, 4.69) is 4.98 Å². The molecule has 0 spiro atoms. The Bertz CT molecular complexity index is 799. The zero-order valence-electron chi connectivity index (χ0n) is 12.4. The van der Waals surface area contributed by atoms with E-state index in [1.165, 1.54) is 0 Å². The lowest BCUT2D eigenvalue weighted by Gasteiger charge is -2.22. The molecule has 1 aliphatic heterocycles. The van der Waals surface area contributed by atoms with Crippen molar-refractivity contribution in [3.63, 3.8) is 0 Å². The average molecular weight is 340 g/mol. The van der Waals surface area contributed by atoms with E-state index in [9.17, 15) is 8.42 Å². The van der Waals surface area contributed by atoms with Crippen LogP contribution in [0.3, 0.4) is 0 Å². The second kappa shape index (κ2) is 6.05. The number of nitrogens with zero attached hydrogens (tertiary/aromatic N) is 1. The highest BCUT2D eigenvalue weighted by molar-refractivity contribution is 7.91. The molecule has 0 aliphatic carbocycles. The van der Waals surface area contributed by atoms with Gasteiger partial charge >= 0.3 is 0 Å². The minimum absolute atomic E-state index is 0.0448. The molecular formula is C16H18ClNO3S. The van der Waals surface area contributed by atoms with Crippen LogP contribution in [0.25, 0.3) is 10.8 Å². The molecule has 0 radical (unpaired) electrons. The summed E-state index contributed by atoms with van der Waals surface area (Å²) in [4.78, 5) is 4.44. The average Bonchev–Trinajstić information content (AvgIpc) is 2.43. The molecular weight excluding hydrogens is 322 g/mol. The maximum absolute atomic E-state index is 11.7. The topological polar surface area (TPSA) is 56.3 Å². The second-order valence-corrected chi connectivity index (χ2v) is 8.53. The molecule has 22 heavy (non-hydrogen) atoms. The quantitative estimate of drug-likeness (QED) is 0.860. The molecule has 0 saturated carbocycles. The van der Waals surface area contributed by atoms with Crippen LogP contribution in [0.2, 0.25) is 5.02 Å². The first-order valence-corrected chi connectivity index (χ1v) is 9.53. The van der Waals surface area contributed by atoms with E-state index in [1.807, 2.05) is 25.1 Å². The number of aromatic nitrogens is 1. The summed E-state index contributed by atoms with van der Waals surface area (Å²) < 4.78 is 29.2. The Morgan fingerprint density at radius 1 is 1.36 bits per heavy atom. The van der Waals surface area contributed by atoms with Gasteiger partial charge in [-0.05, 0) is 49.4 Å². The first-order valence-electron chi connectivity index (χ1n) is 7.33. The Morgan fingerprint density at radius 2 is 2.18 bits per heavy atom. The van der Waals surface area contributed by atoms with Crippen LogP contribution in [0, 0.1) is 12.8 Å². The summed E-state index contributed by atoms with van der Waals surface area (Å²) in [5.74, 6) is 1.11. The molecule has 2 heterocycles. The lowest BCUT2D eigenvalue weighted by atomic mass is 10.1. The molecule has 6 heteroatoms. The fourth-order valence-corrected chi connectivity index (χ4v) is 4.82. The molecule has 0 N–H and O–H groups in total. The van der Waals surface area contributed by atoms with Crippen LogP contribution < -0.4 is 4.74 Å². The van der Waals surface area contributed by atoms with Crippen molar-refractivity contribution in [3.8, 4) is 5.88 Å². The van der Waals surface area contributed by atoms with Gasteiger partial charge in [0.1, 0.15) is 0 Å². The second-order valence-electron chi connectivity index (χ2n) is 5.87. The highest BCUT2D eigenvalue weighted by Gasteiger charge is 2.25. The standard InChI is InChI=1S/C16H18ClNO3S/c1-11-7-13-8-14(17)4-5-15(13)16(18-11)21-9-12-3-2-6-22(19,20)10-12/h4-5,7-8,12H,2-3,6,9-10H2,1H3. The Balaban J connectivity index is 1.82. The molecule has 0 amide bonds. The third-order valence-electron chi connectivity index (χ3n) is 3.90. The third kappa shape index (κ3) is 3.52. The van der Waals surface area contributed by atoms with E-state index in [0.29, 0.717) is 29.7 Å². The highest BCUT2D eigenvalue weighted by Crippen LogP contribution is 2.28. The molecule has 118 valence electrons. The first kappa shape index (κ1) is 15.6. The van der Waals surface area contributed by atoms with Gasteiger partial charge in [-0.25, -0.2) is 13.4 Å². The molecule has 1 atom stereocenters. The Labute approximate surface area is 135 Å². The smallest absolute Gasteiger partial charge is 0.221 e. The molecule has 0 bridgehead atoms. The van der Waals surface area contributed by atoms with E-state index in [4.69, 9.17) is 16.3 Å². The molecule has 1 saturated heterocycles. The first-order chi connectivity index (χ1) is 10.4. The van der Waals surface area contributed by atoms with Gasteiger partial charge in [-0.2, -0.15) is 0 Å². The van der Waals surface area contributed by atoms with E-state index in [1.54, 1.807) is 6.07 Å². The number of halogens is 1. The SMILES string of the molecule is Cc1cc2cc(Cl)ccc2c(OCC2CCCS(=O)(=O)C2)n1. The molecule has 1 fully saturated rings. The minimum atomic E-state index is -2.91. The van der Waals surface area contributed by atoms with Crippen LogP contribution >= 0.6 is 11.6 Å². The van der Waals surface area contributed by atoms with Gasteiger partial charge in [0.15, 0.2) is 9.84 Å².